The summed E-state index contributed by atoms with van der Waals surface area (Å²) >= 11 is 1.83. The smallest absolute Gasteiger partial charge is 0.132 e. The maximum atomic E-state index is 4.36. The number of aromatic nitrogens is 3. The maximum absolute atomic E-state index is 4.36. The minimum atomic E-state index is 0.121. The van der Waals surface area contributed by atoms with Crippen molar-refractivity contribution in [3.8, 4) is 11.1 Å². The summed E-state index contributed by atoms with van der Waals surface area (Å²) in [6.45, 7) is 16.6. The van der Waals surface area contributed by atoms with E-state index < -0.39 is 0 Å². The average Bonchev–Trinajstić information content (AvgIpc) is 3.01. The molecule has 0 aliphatic carbocycles. The van der Waals surface area contributed by atoms with E-state index >= 15 is 0 Å². The Morgan fingerprint density at radius 3 is 2.43 bits per heavy atom. The number of H-pyrrole nitrogens is 1. The molecule has 0 unspecified atom stereocenters. The Morgan fingerprint density at radius 1 is 1.35 bits per heavy atom. The minimum Gasteiger partial charge on any atom is -0.306 e. The zero-order valence-electron chi connectivity index (χ0n) is 15.3. The Morgan fingerprint density at radius 2 is 2.00 bits per heavy atom. The average molecular weight is 333 g/mol. The van der Waals surface area contributed by atoms with Gasteiger partial charge in [-0.3, -0.25) is 10.1 Å². The summed E-state index contributed by atoms with van der Waals surface area (Å²) in [7, 11) is 1.80. The van der Waals surface area contributed by atoms with Crippen molar-refractivity contribution in [2.75, 3.05) is 7.05 Å². The topological polar surface area (TPSA) is 46.0 Å². The highest BCUT2D eigenvalue weighted by Gasteiger charge is 2.17. The fourth-order valence-electron chi connectivity index (χ4n) is 2.04. The maximum Gasteiger partial charge on any atom is 0.132 e. The lowest BCUT2D eigenvalue weighted by atomic mass is 10.1. The largest absolute Gasteiger partial charge is 0.306 e. The third-order valence-electron chi connectivity index (χ3n) is 2.90. The van der Waals surface area contributed by atoms with Gasteiger partial charge >= 0.3 is 0 Å². The van der Waals surface area contributed by atoms with Crippen molar-refractivity contribution in [1.82, 2.24) is 14.8 Å². The Kier molecular flexibility index (Phi) is 6.88. The van der Waals surface area contributed by atoms with Crippen molar-refractivity contribution in [3.05, 3.63) is 36.7 Å². The van der Waals surface area contributed by atoms with Crippen LogP contribution in [-0.2, 0) is 0 Å². The molecule has 126 valence electrons. The van der Waals surface area contributed by atoms with Crippen LogP contribution in [0, 0.1) is 0 Å². The van der Waals surface area contributed by atoms with E-state index in [4.69, 9.17) is 0 Å². The zero-order chi connectivity index (χ0) is 17.6. The van der Waals surface area contributed by atoms with Gasteiger partial charge in [0.1, 0.15) is 5.49 Å². The van der Waals surface area contributed by atoms with Crippen LogP contribution in [0.15, 0.2) is 41.1 Å². The lowest BCUT2D eigenvalue weighted by Crippen LogP contribution is -2.20. The number of aromatic amines is 1. The number of hydrogen-bond acceptors (Lipinski definition) is 3. The van der Waals surface area contributed by atoms with E-state index in [1.54, 1.807) is 7.05 Å². The number of hydrogen-bond donors (Lipinski definition) is 1. The molecule has 1 N–H and O–H groups in total. The van der Waals surface area contributed by atoms with E-state index in [0.717, 1.165) is 22.3 Å². The molecule has 0 atom stereocenters. The lowest BCUT2D eigenvalue weighted by molar-refractivity contribution is 0.801. The molecule has 0 saturated heterocycles. The molecule has 0 amide bonds. The van der Waals surface area contributed by atoms with Crippen molar-refractivity contribution >= 4 is 17.5 Å². The normalized spacial score (nSPS) is 11.9. The molecule has 0 saturated carbocycles. The van der Waals surface area contributed by atoms with Gasteiger partial charge in [-0.25, -0.2) is 0 Å². The number of nitrogens with zero attached hydrogens (tertiary/aromatic N) is 3. The van der Waals surface area contributed by atoms with Gasteiger partial charge in [-0.1, -0.05) is 41.2 Å². The second-order valence-corrected chi connectivity index (χ2v) is 7.81. The number of allylic oxidation sites excluding steroid dienone is 1. The summed E-state index contributed by atoms with van der Waals surface area (Å²) in [6, 6.07) is 2.09. The van der Waals surface area contributed by atoms with E-state index in [1.807, 2.05) is 49.5 Å². The monoisotopic (exact) mass is 332 g/mol. The third-order valence-corrected chi connectivity index (χ3v) is 4.06. The third kappa shape index (κ3) is 5.13. The molecule has 0 radical (unpaired) electrons. The van der Waals surface area contributed by atoms with Crippen molar-refractivity contribution in [1.29, 1.82) is 0 Å². The highest BCUT2D eigenvalue weighted by atomic mass is 32.2. The predicted octanol–water partition coefficient (Wildman–Crippen LogP) is 4.82. The molecule has 2 aromatic rings. The molecule has 0 aliphatic rings. The van der Waals surface area contributed by atoms with Crippen molar-refractivity contribution < 1.29 is 0 Å². The van der Waals surface area contributed by atoms with Crippen LogP contribution in [0.3, 0.4) is 0 Å². The van der Waals surface area contributed by atoms with E-state index in [2.05, 4.69) is 54.8 Å². The van der Waals surface area contributed by atoms with Gasteiger partial charge < -0.3 is 4.57 Å². The molecule has 4 nitrogen and oxygen atoms in total. The molecule has 23 heavy (non-hydrogen) atoms. The summed E-state index contributed by atoms with van der Waals surface area (Å²) in [6.07, 6.45) is 5.86. The van der Waals surface area contributed by atoms with Crippen LogP contribution in [0.5, 0.6) is 0 Å². The first-order valence-electron chi connectivity index (χ1n) is 7.85. The molecular weight excluding hydrogens is 304 g/mol. The van der Waals surface area contributed by atoms with Gasteiger partial charge in [-0.05, 0) is 13.0 Å². The first-order chi connectivity index (χ1) is 10.8. The number of rotatable bonds is 3. The Hall–Kier alpha value is -1.75. The molecule has 0 fully saturated rings. The number of thioether (sulfide) groups is 1. The number of nitrogens with one attached hydrogen (secondary N) is 1. The molecular formula is C18H28N4S. The van der Waals surface area contributed by atoms with Gasteiger partial charge in [0.2, 0.25) is 0 Å². The van der Waals surface area contributed by atoms with Crippen LogP contribution in [0.1, 0.15) is 41.5 Å². The molecule has 0 bridgehead atoms. The molecule has 2 aromatic heterocycles. The summed E-state index contributed by atoms with van der Waals surface area (Å²) < 4.78 is 2.15. The standard InChI is InChI=1S/C16H22N4S.C2H6/c1-11(2)20-10-14(21-16(3,4)5)13(7-15(20)17-6)12-8-18-19-9-12;1-2/h7-10H,1H2,2-6H3,(H,18,19);1-2H3. The highest BCUT2D eigenvalue weighted by molar-refractivity contribution is 8.00. The first-order valence-corrected chi connectivity index (χ1v) is 8.67. The highest BCUT2D eigenvalue weighted by Crippen LogP contribution is 2.37. The summed E-state index contributed by atoms with van der Waals surface area (Å²) in [4.78, 5) is 5.56. The molecule has 0 aliphatic heterocycles. The van der Waals surface area contributed by atoms with Crippen LogP contribution in [0.25, 0.3) is 16.8 Å². The van der Waals surface area contributed by atoms with Gasteiger partial charge in [0.05, 0.1) is 6.20 Å². The van der Waals surface area contributed by atoms with Crippen LogP contribution >= 0.6 is 11.8 Å². The van der Waals surface area contributed by atoms with Crippen LogP contribution in [0.2, 0.25) is 0 Å². The SMILES string of the molecule is C=C(C)n1cc(SC(C)(C)C)c(-c2cn[nH]c2)cc1=NC.CC. The van der Waals surface area contributed by atoms with Crippen LogP contribution in [-0.4, -0.2) is 26.6 Å². The van der Waals surface area contributed by atoms with E-state index in [1.165, 1.54) is 4.90 Å². The zero-order valence-corrected chi connectivity index (χ0v) is 16.1. The van der Waals surface area contributed by atoms with Crippen LogP contribution < -0.4 is 5.49 Å². The van der Waals surface area contributed by atoms with Gasteiger partial charge in [0.15, 0.2) is 0 Å². The number of pyridine rings is 1. The molecule has 0 spiro atoms. The minimum absolute atomic E-state index is 0.121. The first kappa shape index (κ1) is 19.3. The molecule has 2 rings (SSSR count). The summed E-state index contributed by atoms with van der Waals surface area (Å²) in [5.74, 6) is 0. The van der Waals surface area contributed by atoms with Gasteiger partial charge in [-0.2, -0.15) is 5.10 Å². The fraction of sp³-hybridized carbons (Fsp3) is 0.444. The van der Waals surface area contributed by atoms with Gasteiger partial charge in [0.25, 0.3) is 0 Å². The van der Waals surface area contributed by atoms with E-state index in [-0.39, 0.29) is 4.75 Å². The lowest BCUT2D eigenvalue weighted by Gasteiger charge is -2.21. The predicted molar refractivity (Wildman–Crippen MR) is 101 cm³/mol. The van der Waals surface area contributed by atoms with Crippen molar-refractivity contribution in [3.63, 3.8) is 0 Å². The van der Waals surface area contributed by atoms with E-state index in [9.17, 15) is 0 Å². The van der Waals surface area contributed by atoms with Gasteiger partial charge in [-0.15, -0.1) is 11.8 Å². The Bertz CT molecular complexity index is 704. The van der Waals surface area contributed by atoms with Crippen molar-refractivity contribution in [2.45, 2.75) is 51.2 Å². The second-order valence-electron chi connectivity index (χ2n) is 5.94. The second kappa shape index (κ2) is 8.20. The van der Waals surface area contributed by atoms with Crippen molar-refractivity contribution in [2.24, 2.45) is 4.99 Å². The summed E-state index contributed by atoms with van der Waals surface area (Å²) in [5, 5.41) is 6.94. The molecule has 2 heterocycles. The quantitative estimate of drug-likeness (QED) is 0.819. The Balaban J connectivity index is 0.00000127. The summed E-state index contributed by atoms with van der Waals surface area (Å²) in [5.41, 5.74) is 4.05. The fourth-order valence-corrected chi connectivity index (χ4v) is 3.14. The Labute approximate surface area is 143 Å². The van der Waals surface area contributed by atoms with E-state index in [0.29, 0.717) is 0 Å². The molecule has 0 aromatic carbocycles. The molecule has 5 heteroatoms. The van der Waals surface area contributed by atoms with Gasteiger partial charge in [0, 0.05) is 45.9 Å². The van der Waals surface area contributed by atoms with Crippen LogP contribution in [0.4, 0.5) is 0 Å².